The van der Waals surface area contributed by atoms with E-state index in [1.54, 1.807) is 4.82 Å². The summed E-state index contributed by atoms with van der Waals surface area (Å²) in [5.74, 6) is 0. The Labute approximate surface area is 123 Å². The van der Waals surface area contributed by atoms with Crippen LogP contribution in [0.1, 0.15) is 5.56 Å². The van der Waals surface area contributed by atoms with Gasteiger partial charge in [-0.2, -0.15) is 0 Å². The van der Waals surface area contributed by atoms with E-state index in [0.717, 1.165) is 15.6 Å². The molecule has 0 saturated carbocycles. The van der Waals surface area contributed by atoms with E-state index in [0.29, 0.717) is 0 Å². The predicted octanol–water partition coefficient (Wildman–Crippen LogP) is 6.13. The largest absolute Gasteiger partial charge is 0.0905 e. The molecule has 0 radical (unpaired) electrons. The van der Waals surface area contributed by atoms with Gasteiger partial charge in [-0.25, -0.2) is 0 Å². The Morgan fingerprint density at radius 2 is 1.28 bits per heavy atom. The first-order valence-corrected chi connectivity index (χ1v) is 14.0. The molecular formula is C14H22Cl2Si2. The first-order chi connectivity index (χ1) is 8.03. The summed E-state index contributed by atoms with van der Waals surface area (Å²) < 4.78 is 0. The summed E-state index contributed by atoms with van der Waals surface area (Å²) in [5.41, 5.74) is 0.987. The van der Waals surface area contributed by atoms with Gasteiger partial charge in [0.1, 0.15) is 0 Å². The molecule has 0 spiro atoms. The van der Waals surface area contributed by atoms with Crippen molar-refractivity contribution in [2.24, 2.45) is 0 Å². The molecule has 1 aromatic rings. The minimum atomic E-state index is -1.35. The van der Waals surface area contributed by atoms with Crippen LogP contribution in [0, 0.1) is 0 Å². The van der Waals surface area contributed by atoms with Crippen LogP contribution in [0.5, 0.6) is 0 Å². The fourth-order valence-corrected chi connectivity index (χ4v) is 13.0. The Kier molecular flexibility index (Phi) is 4.93. The van der Waals surface area contributed by atoms with Gasteiger partial charge in [-0.3, -0.25) is 0 Å². The molecule has 0 amide bonds. The number of benzene rings is 1. The van der Waals surface area contributed by atoms with Gasteiger partial charge in [0.15, 0.2) is 0 Å². The van der Waals surface area contributed by atoms with Crippen molar-refractivity contribution < 1.29 is 0 Å². The van der Waals surface area contributed by atoms with Gasteiger partial charge in [-0.15, -0.1) is 0 Å². The van der Waals surface area contributed by atoms with Crippen molar-refractivity contribution in [1.29, 1.82) is 0 Å². The average Bonchev–Trinajstić information content (AvgIpc) is 2.12. The molecule has 0 nitrogen and oxygen atoms in total. The second-order valence-corrected chi connectivity index (χ2v) is 18.1. The molecule has 1 rings (SSSR count). The minimum Gasteiger partial charge on any atom is -0.0905 e. The molecule has 0 unspecified atom stereocenters. The molecule has 0 heterocycles. The first-order valence-electron chi connectivity index (χ1n) is 6.20. The van der Waals surface area contributed by atoms with Crippen LogP contribution in [0.2, 0.25) is 49.3 Å². The summed E-state index contributed by atoms with van der Waals surface area (Å²) in [6, 6.07) is 5.71. The van der Waals surface area contributed by atoms with Crippen LogP contribution < -0.4 is 0 Å². The Balaban J connectivity index is 3.44. The lowest BCUT2D eigenvalue weighted by atomic mass is 10.2. The molecule has 0 aliphatic carbocycles. The summed E-state index contributed by atoms with van der Waals surface area (Å²) in [5, 5.41) is 1.49. The maximum Gasteiger partial charge on any atom is 0.0682 e. The molecule has 0 saturated heterocycles. The second-order valence-electron chi connectivity index (χ2n) is 6.69. The van der Waals surface area contributed by atoms with E-state index in [-0.39, 0.29) is 0 Å². The van der Waals surface area contributed by atoms with Crippen molar-refractivity contribution in [3.05, 3.63) is 38.6 Å². The second kappa shape index (κ2) is 5.53. The molecule has 0 aromatic heterocycles. The maximum absolute atomic E-state index is 6.28. The van der Waals surface area contributed by atoms with Crippen LogP contribution in [-0.4, -0.2) is 16.1 Å². The molecule has 4 heteroatoms. The fraction of sp³-hybridized carbons (Fsp3) is 0.429. The van der Waals surface area contributed by atoms with Crippen LogP contribution in [0.4, 0.5) is 0 Å². The van der Waals surface area contributed by atoms with Crippen molar-refractivity contribution in [3.63, 3.8) is 0 Å². The number of hydrogen-bond acceptors (Lipinski definition) is 0. The molecule has 0 N–H and O–H groups in total. The molecular weight excluding hydrogens is 295 g/mol. The molecule has 0 aliphatic rings. The van der Waals surface area contributed by atoms with E-state index < -0.39 is 16.1 Å². The Bertz CT molecular complexity index is 429. The van der Waals surface area contributed by atoms with Crippen molar-refractivity contribution in [3.8, 4) is 0 Å². The monoisotopic (exact) mass is 316 g/mol. The van der Waals surface area contributed by atoms with E-state index in [1.807, 2.05) is 18.2 Å². The van der Waals surface area contributed by atoms with E-state index in [2.05, 4.69) is 45.4 Å². The highest BCUT2D eigenvalue weighted by molar-refractivity contribution is 7.05. The standard InChI is InChI=1S/C14H22Cl2Si2/c1-17(2,3)14(18(4,5)6)10-11-12(15)8-7-9-13(11)16/h7-10H,1-6H3. The fourth-order valence-electron chi connectivity index (χ4n) is 2.35. The van der Waals surface area contributed by atoms with Crippen LogP contribution >= 0.6 is 23.2 Å². The molecule has 1 aromatic carbocycles. The minimum absolute atomic E-state index is 0.747. The quantitative estimate of drug-likeness (QED) is 0.588. The summed E-state index contributed by atoms with van der Waals surface area (Å²) in [6.07, 6.45) is 2.27. The third kappa shape index (κ3) is 3.99. The highest BCUT2D eigenvalue weighted by atomic mass is 35.5. The van der Waals surface area contributed by atoms with E-state index in [9.17, 15) is 0 Å². The highest BCUT2D eigenvalue weighted by Crippen LogP contribution is 2.32. The van der Waals surface area contributed by atoms with Gasteiger partial charge in [0.25, 0.3) is 0 Å². The molecule has 100 valence electrons. The van der Waals surface area contributed by atoms with Gasteiger partial charge in [-0.1, -0.05) is 79.4 Å². The van der Waals surface area contributed by atoms with E-state index >= 15 is 0 Å². The van der Waals surface area contributed by atoms with Crippen molar-refractivity contribution in [2.75, 3.05) is 0 Å². The number of hydrogen-bond donors (Lipinski definition) is 0. The van der Waals surface area contributed by atoms with E-state index in [1.165, 1.54) is 0 Å². The first kappa shape index (κ1) is 16.0. The highest BCUT2D eigenvalue weighted by Gasteiger charge is 2.31. The molecule has 0 fully saturated rings. The lowest BCUT2D eigenvalue weighted by Crippen LogP contribution is -2.39. The van der Waals surface area contributed by atoms with Crippen molar-refractivity contribution in [1.82, 2.24) is 0 Å². The molecule has 0 aliphatic heterocycles. The van der Waals surface area contributed by atoms with Gasteiger partial charge in [0, 0.05) is 15.6 Å². The Morgan fingerprint density at radius 1 is 0.889 bits per heavy atom. The summed E-state index contributed by atoms with van der Waals surface area (Å²) >= 11 is 12.6. The SMILES string of the molecule is C[Si](C)(C)C(=Cc1c(Cl)cccc1Cl)[Si](C)(C)C. The van der Waals surface area contributed by atoms with Gasteiger partial charge >= 0.3 is 0 Å². The maximum atomic E-state index is 6.28. The Morgan fingerprint density at radius 3 is 1.61 bits per heavy atom. The van der Waals surface area contributed by atoms with Crippen molar-refractivity contribution in [2.45, 2.75) is 39.3 Å². The van der Waals surface area contributed by atoms with Gasteiger partial charge in [0.05, 0.1) is 16.1 Å². The zero-order valence-electron chi connectivity index (χ0n) is 12.1. The third-order valence-corrected chi connectivity index (χ3v) is 11.6. The van der Waals surface area contributed by atoms with Crippen LogP contribution in [0.15, 0.2) is 23.0 Å². The van der Waals surface area contributed by atoms with Crippen molar-refractivity contribution >= 4 is 45.4 Å². The smallest absolute Gasteiger partial charge is 0.0682 e. The van der Waals surface area contributed by atoms with Crippen LogP contribution in [0.25, 0.3) is 6.08 Å². The normalized spacial score (nSPS) is 12.4. The lowest BCUT2D eigenvalue weighted by Gasteiger charge is -2.31. The zero-order valence-corrected chi connectivity index (χ0v) is 15.6. The molecule has 18 heavy (non-hydrogen) atoms. The average molecular weight is 317 g/mol. The molecule has 0 bridgehead atoms. The third-order valence-electron chi connectivity index (χ3n) is 2.90. The van der Waals surface area contributed by atoms with Crippen LogP contribution in [-0.2, 0) is 0 Å². The topological polar surface area (TPSA) is 0 Å². The summed E-state index contributed by atoms with van der Waals surface area (Å²) in [7, 11) is -2.69. The zero-order chi connectivity index (χ0) is 14.1. The van der Waals surface area contributed by atoms with Gasteiger partial charge in [0.2, 0.25) is 0 Å². The summed E-state index contributed by atoms with van der Waals surface area (Å²) in [4.78, 5) is 1.62. The molecule has 0 atom stereocenters. The number of rotatable bonds is 3. The number of halogens is 2. The van der Waals surface area contributed by atoms with Gasteiger partial charge in [-0.05, 0) is 12.1 Å². The van der Waals surface area contributed by atoms with Crippen LogP contribution in [0.3, 0.4) is 0 Å². The predicted molar refractivity (Wildman–Crippen MR) is 91.1 cm³/mol. The van der Waals surface area contributed by atoms with E-state index in [4.69, 9.17) is 23.2 Å². The summed E-state index contributed by atoms with van der Waals surface area (Å²) in [6.45, 7) is 14.3. The van der Waals surface area contributed by atoms with Gasteiger partial charge < -0.3 is 0 Å². The lowest BCUT2D eigenvalue weighted by molar-refractivity contribution is 1.61. The Hall–Kier alpha value is -0.0262.